The van der Waals surface area contributed by atoms with E-state index in [4.69, 9.17) is 4.42 Å². The predicted octanol–water partition coefficient (Wildman–Crippen LogP) is 2.53. The molecule has 1 heterocycles. The molecular weight excluding hydrogens is 270 g/mol. The molecule has 2 aromatic rings. The highest BCUT2D eigenvalue weighted by Crippen LogP contribution is 2.24. The van der Waals surface area contributed by atoms with Crippen molar-refractivity contribution in [2.45, 2.75) is 13.5 Å². The summed E-state index contributed by atoms with van der Waals surface area (Å²) in [6.45, 7) is 2.62. The average Bonchev–Trinajstić information content (AvgIpc) is 2.71. The van der Waals surface area contributed by atoms with Crippen LogP contribution in [0.4, 0.5) is 0 Å². The van der Waals surface area contributed by atoms with Gasteiger partial charge in [0, 0.05) is 10.0 Å². The Morgan fingerprint density at radius 2 is 2.19 bits per heavy atom. The first kappa shape index (κ1) is 11.3. The zero-order valence-corrected chi connectivity index (χ0v) is 10.7. The summed E-state index contributed by atoms with van der Waals surface area (Å²) in [5.41, 5.74) is 2.10. The lowest BCUT2D eigenvalue weighted by Crippen LogP contribution is -2.04. The summed E-state index contributed by atoms with van der Waals surface area (Å²) < 4.78 is 6.54. The molecular formula is C11H12BrN3O. The summed E-state index contributed by atoms with van der Waals surface area (Å²) in [5.74, 6) is 1.14. The van der Waals surface area contributed by atoms with Crippen molar-refractivity contribution in [1.29, 1.82) is 0 Å². The van der Waals surface area contributed by atoms with E-state index in [9.17, 15) is 0 Å². The molecule has 0 aliphatic carbocycles. The fraction of sp³-hybridized carbons (Fsp3) is 0.273. The van der Waals surface area contributed by atoms with E-state index in [0.29, 0.717) is 18.3 Å². The second-order valence-electron chi connectivity index (χ2n) is 3.50. The van der Waals surface area contributed by atoms with Gasteiger partial charge in [-0.2, -0.15) is 0 Å². The van der Waals surface area contributed by atoms with E-state index in [1.165, 1.54) is 5.56 Å². The Morgan fingerprint density at radius 1 is 1.38 bits per heavy atom. The lowest BCUT2D eigenvalue weighted by molar-refractivity contribution is 0.490. The maximum atomic E-state index is 5.50. The van der Waals surface area contributed by atoms with Gasteiger partial charge in [-0.05, 0) is 31.7 Å². The van der Waals surface area contributed by atoms with Crippen molar-refractivity contribution in [3.05, 3.63) is 34.1 Å². The minimum atomic E-state index is 0.547. The molecule has 0 unspecified atom stereocenters. The Kier molecular flexibility index (Phi) is 3.36. The third-order valence-electron chi connectivity index (χ3n) is 2.21. The minimum Gasteiger partial charge on any atom is -0.419 e. The van der Waals surface area contributed by atoms with Gasteiger partial charge in [0.05, 0.1) is 6.54 Å². The summed E-state index contributed by atoms with van der Waals surface area (Å²) in [4.78, 5) is 0. The first-order valence-corrected chi connectivity index (χ1v) is 5.73. The quantitative estimate of drug-likeness (QED) is 0.939. The third kappa shape index (κ3) is 2.31. The first-order valence-electron chi connectivity index (χ1n) is 4.94. The third-order valence-corrected chi connectivity index (χ3v) is 3.07. The lowest BCUT2D eigenvalue weighted by atomic mass is 10.1. The molecule has 0 amide bonds. The van der Waals surface area contributed by atoms with Gasteiger partial charge in [0.15, 0.2) is 0 Å². The van der Waals surface area contributed by atoms with Gasteiger partial charge in [0.2, 0.25) is 11.8 Å². The first-order chi connectivity index (χ1) is 7.70. The van der Waals surface area contributed by atoms with Crippen molar-refractivity contribution in [1.82, 2.24) is 15.5 Å². The molecule has 0 saturated heterocycles. The molecule has 0 bridgehead atoms. The van der Waals surface area contributed by atoms with Crippen LogP contribution in [0.1, 0.15) is 11.5 Å². The Labute approximate surface area is 102 Å². The largest absolute Gasteiger partial charge is 0.419 e. The van der Waals surface area contributed by atoms with Crippen LogP contribution in [-0.4, -0.2) is 17.2 Å². The van der Waals surface area contributed by atoms with Gasteiger partial charge in [0.1, 0.15) is 0 Å². The van der Waals surface area contributed by atoms with Crippen molar-refractivity contribution >= 4 is 15.9 Å². The zero-order chi connectivity index (χ0) is 11.5. The summed E-state index contributed by atoms with van der Waals surface area (Å²) in [7, 11) is 1.84. The predicted molar refractivity (Wildman–Crippen MR) is 64.9 cm³/mol. The SMILES string of the molecule is CNCc1nnc(-c2ccc(C)c(Br)c2)o1. The molecule has 0 radical (unpaired) electrons. The van der Waals surface area contributed by atoms with Crippen molar-refractivity contribution in [2.24, 2.45) is 0 Å². The molecule has 0 saturated carbocycles. The van der Waals surface area contributed by atoms with E-state index in [0.717, 1.165) is 10.0 Å². The van der Waals surface area contributed by atoms with E-state index >= 15 is 0 Å². The van der Waals surface area contributed by atoms with Crippen LogP contribution in [-0.2, 0) is 6.54 Å². The molecule has 1 aromatic carbocycles. The highest BCUT2D eigenvalue weighted by molar-refractivity contribution is 9.10. The van der Waals surface area contributed by atoms with E-state index < -0.39 is 0 Å². The number of rotatable bonds is 3. The summed E-state index contributed by atoms with van der Waals surface area (Å²) >= 11 is 3.48. The van der Waals surface area contributed by atoms with Gasteiger partial charge in [-0.3, -0.25) is 0 Å². The number of nitrogens with zero attached hydrogens (tertiary/aromatic N) is 2. The fourth-order valence-electron chi connectivity index (χ4n) is 1.32. The van der Waals surface area contributed by atoms with E-state index in [1.807, 2.05) is 32.2 Å². The van der Waals surface area contributed by atoms with E-state index in [2.05, 4.69) is 31.4 Å². The van der Waals surface area contributed by atoms with Crippen LogP contribution >= 0.6 is 15.9 Å². The molecule has 2 rings (SSSR count). The Bertz CT molecular complexity index is 496. The van der Waals surface area contributed by atoms with Gasteiger partial charge in [0.25, 0.3) is 0 Å². The Morgan fingerprint density at radius 3 is 2.88 bits per heavy atom. The molecule has 84 valence electrons. The van der Waals surface area contributed by atoms with Crippen LogP contribution in [0, 0.1) is 6.92 Å². The van der Waals surface area contributed by atoms with Crippen molar-refractivity contribution in [3.63, 3.8) is 0 Å². The number of halogens is 1. The normalized spacial score (nSPS) is 10.7. The van der Waals surface area contributed by atoms with Crippen molar-refractivity contribution < 1.29 is 4.42 Å². The van der Waals surface area contributed by atoms with E-state index in [-0.39, 0.29) is 0 Å². The van der Waals surface area contributed by atoms with Crippen LogP contribution in [0.15, 0.2) is 27.1 Å². The van der Waals surface area contributed by atoms with Crippen LogP contribution in [0.3, 0.4) is 0 Å². The summed E-state index contributed by atoms with van der Waals surface area (Å²) in [5, 5.41) is 10.9. The zero-order valence-electron chi connectivity index (χ0n) is 9.12. The summed E-state index contributed by atoms with van der Waals surface area (Å²) in [6, 6.07) is 5.96. The lowest BCUT2D eigenvalue weighted by Gasteiger charge is -1.99. The molecule has 0 spiro atoms. The monoisotopic (exact) mass is 281 g/mol. The fourth-order valence-corrected chi connectivity index (χ4v) is 1.70. The summed E-state index contributed by atoms with van der Waals surface area (Å²) in [6.07, 6.45) is 0. The van der Waals surface area contributed by atoms with Gasteiger partial charge < -0.3 is 9.73 Å². The highest BCUT2D eigenvalue weighted by atomic mass is 79.9. The number of hydrogen-bond donors (Lipinski definition) is 1. The molecule has 4 nitrogen and oxygen atoms in total. The van der Waals surface area contributed by atoms with Gasteiger partial charge in [-0.15, -0.1) is 10.2 Å². The second kappa shape index (κ2) is 4.76. The molecule has 0 fully saturated rings. The molecule has 0 aliphatic heterocycles. The van der Waals surface area contributed by atoms with Crippen LogP contribution < -0.4 is 5.32 Å². The van der Waals surface area contributed by atoms with Gasteiger partial charge >= 0.3 is 0 Å². The van der Waals surface area contributed by atoms with Gasteiger partial charge in [-0.25, -0.2) is 0 Å². The maximum absolute atomic E-state index is 5.50. The molecule has 0 aliphatic rings. The number of aryl methyl sites for hydroxylation is 1. The number of nitrogens with one attached hydrogen (secondary N) is 1. The van der Waals surface area contributed by atoms with Gasteiger partial charge in [-0.1, -0.05) is 22.0 Å². The van der Waals surface area contributed by atoms with Crippen molar-refractivity contribution in [3.8, 4) is 11.5 Å². The second-order valence-corrected chi connectivity index (χ2v) is 4.35. The number of benzene rings is 1. The van der Waals surface area contributed by atoms with Crippen LogP contribution in [0.25, 0.3) is 11.5 Å². The topological polar surface area (TPSA) is 51.0 Å². The van der Waals surface area contributed by atoms with Crippen LogP contribution in [0.5, 0.6) is 0 Å². The molecule has 1 N–H and O–H groups in total. The standard InChI is InChI=1S/C11H12BrN3O/c1-7-3-4-8(5-9(7)12)11-15-14-10(16-11)6-13-2/h3-5,13H,6H2,1-2H3. The van der Waals surface area contributed by atoms with Crippen molar-refractivity contribution in [2.75, 3.05) is 7.05 Å². The maximum Gasteiger partial charge on any atom is 0.247 e. The Balaban J connectivity index is 2.31. The highest BCUT2D eigenvalue weighted by Gasteiger charge is 2.08. The molecule has 16 heavy (non-hydrogen) atoms. The molecule has 0 atom stereocenters. The van der Waals surface area contributed by atoms with E-state index in [1.54, 1.807) is 0 Å². The molecule has 5 heteroatoms. The van der Waals surface area contributed by atoms with Crippen LogP contribution in [0.2, 0.25) is 0 Å². The minimum absolute atomic E-state index is 0.547. The molecule has 1 aromatic heterocycles. The smallest absolute Gasteiger partial charge is 0.247 e. The number of hydrogen-bond acceptors (Lipinski definition) is 4. The average molecular weight is 282 g/mol. The Hall–Kier alpha value is -1.20. The number of aromatic nitrogens is 2.